The van der Waals surface area contributed by atoms with Gasteiger partial charge in [0, 0.05) is 18.0 Å². The first-order valence-corrected chi connectivity index (χ1v) is 8.27. The Kier molecular flexibility index (Phi) is 5.50. The molecule has 0 saturated heterocycles. The number of nitrogens with one attached hydrogen (secondary N) is 1. The molecule has 0 aromatic carbocycles. The molecule has 0 unspecified atom stereocenters. The summed E-state index contributed by atoms with van der Waals surface area (Å²) >= 11 is 0. The van der Waals surface area contributed by atoms with Gasteiger partial charge in [-0.2, -0.15) is 0 Å². The van der Waals surface area contributed by atoms with Gasteiger partial charge in [0.15, 0.2) is 9.84 Å². The maximum Gasteiger partial charge on any atom is 0.335 e. The van der Waals surface area contributed by atoms with Crippen LogP contribution in [0.5, 0.6) is 0 Å². The molecule has 0 fully saturated rings. The van der Waals surface area contributed by atoms with Crippen LogP contribution in [0.2, 0.25) is 0 Å². The number of rotatable bonds is 7. The Morgan fingerprint density at radius 2 is 2.05 bits per heavy atom. The molecule has 0 aliphatic heterocycles. The van der Waals surface area contributed by atoms with E-state index >= 15 is 0 Å². The van der Waals surface area contributed by atoms with E-state index in [2.05, 4.69) is 10.3 Å². The second-order valence-corrected chi connectivity index (χ2v) is 7.26. The summed E-state index contributed by atoms with van der Waals surface area (Å²) < 4.78 is 22.8. The van der Waals surface area contributed by atoms with Crippen molar-refractivity contribution in [3.63, 3.8) is 0 Å². The first kappa shape index (κ1) is 16.4. The van der Waals surface area contributed by atoms with E-state index in [-0.39, 0.29) is 29.5 Å². The van der Waals surface area contributed by atoms with Crippen molar-refractivity contribution in [1.29, 1.82) is 0 Å². The molecule has 6 nitrogen and oxygen atoms in total. The summed E-state index contributed by atoms with van der Waals surface area (Å²) in [5.74, 6) is -0.457. The lowest BCUT2D eigenvalue weighted by molar-refractivity contribution is 0.0696. The van der Waals surface area contributed by atoms with E-state index in [1.54, 1.807) is 6.92 Å². The molecule has 20 heavy (non-hydrogen) atoms. The average Bonchev–Trinajstić information content (AvgIpc) is 2.38. The Morgan fingerprint density at radius 1 is 1.40 bits per heavy atom. The molecule has 0 spiro atoms. The highest BCUT2D eigenvalue weighted by molar-refractivity contribution is 7.91. The van der Waals surface area contributed by atoms with Crippen LogP contribution in [0.15, 0.2) is 12.1 Å². The number of anilines is 1. The van der Waals surface area contributed by atoms with Gasteiger partial charge in [0.05, 0.1) is 11.3 Å². The Balaban J connectivity index is 2.87. The summed E-state index contributed by atoms with van der Waals surface area (Å²) in [6, 6.07) is 2.94. The van der Waals surface area contributed by atoms with Crippen molar-refractivity contribution in [3.05, 3.63) is 23.4 Å². The lowest BCUT2D eigenvalue weighted by Gasteiger charge is -2.11. The van der Waals surface area contributed by atoms with E-state index in [9.17, 15) is 13.2 Å². The molecule has 7 heteroatoms. The average molecular weight is 300 g/mol. The highest BCUT2D eigenvalue weighted by Gasteiger charge is 2.12. The largest absolute Gasteiger partial charge is 0.478 e. The zero-order valence-electron chi connectivity index (χ0n) is 11.9. The predicted molar refractivity (Wildman–Crippen MR) is 78.1 cm³/mol. The number of aromatic nitrogens is 1. The first-order valence-electron chi connectivity index (χ1n) is 6.44. The van der Waals surface area contributed by atoms with Gasteiger partial charge in [-0.1, -0.05) is 20.8 Å². The number of hydrogen-bond donors (Lipinski definition) is 2. The fraction of sp³-hybridized carbons (Fsp3) is 0.538. The molecule has 0 saturated carbocycles. The molecular weight excluding hydrogens is 280 g/mol. The van der Waals surface area contributed by atoms with Crippen molar-refractivity contribution < 1.29 is 18.3 Å². The van der Waals surface area contributed by atoms with Crippen LogP contribution in [0.3, 0.4) is 0 Å². The Hall–Kier alpha value is -1.63. The van der Waals surface area contributed by atoms with Gasteiger partial charge < -0.3 is 10.4 Å². The van der Waals surface area contributed by atoms with Crippen LogP contribution in [0.25, 0.3) is 0 Å². The summed E-state index contributed by atoms with van der Waals surface area (Å²) in [5, 5.41) is 11.9. The van der Waals surface area contributed by atoms with Crippen molar-refractivity contribution in [2.45, 2.75) is 26.7 Å². The molecule has 2 N–H and O–H groups in total. The van der Waals surface area contributed by atoms with E-state index in [1.807, 2.05) is 13.8 Å². The van der Waals surface area contributed by atoms with Crippen LogP contribution in [-0.2, 0) is 9.84 Å². The number of pyridine rings is 1. The van der Waals surface area contributed by atoms with Gasteiger partial charge in [-0.05, 0) is 18.1 Å². The molecule has 0 aliphatic rings. The summed E-state index contributed by atoms with van der Waals surface area (Å²) in [4.78, 5) is 15.3. The van der Waals surface area contributed by atoms with Gasteiger partial charge >= 0.3 is 5.97 Å². The van der Waals surface area contributed by atoms with E-state index < -0.39 is 15.8 Å². The molecule has 112 valence electrons. The first-order chi connectivity index (χ1) is 9.25. The molecule has 1 rings (SSSR count). The van der Waals surface area contributed by atoms with Gasteiger partial charge in [0.1, 0.15) is 5.82 Å². The normalized spacial score (nSPS) is 11.6. The second kappa shape index (κ2) is 6.69. The minimum Gasteiger partial charge on any atom is -0.478 e. The fourth-order valence-corrected chi connectivity index (χ4v) is 2.24. The summed E-state index contributed by atoms with van der Waals surface area (Å²) in [7, 11) is -3.05. The Morgan fingerprint density at radius 3 is 2.55 bits per heavy atom. The van der Waals surface area contributed by atoms with Crippen molar-refractivity contribution in [2.75, 3.05) is 23.4 Å². The highest BCUT2D eigenvalue weighted by atomic mass is 32.2. The lowest BCUT2D eigenvalue weighted by atomic mass is 10.1. The standard InChI is InChI=1S/C13H20N2O4S/c1-4-20(18,19)6-5-14-12-8-10(13(16)17)7-11(15-12)9(2)3/h7-9H,4-6H2,1-3H3,(H,14,15)(H,16,17). The number of nitrogens with zero attached hydrogens (tertiary/aromatic N) is 1. The summed E-state index contributed by atoms with van der Waals surface area (Å²) in [5.41, 5.74) is 0.801. The number of aromatic carboxylic acids is 1. The highest BCUT2D eigenvalue weighted by Crippen LogP contribution is 2.17. The third-order valence-corrected chi connectivity index (χ3v) is 4.55. The zero-order valence-corrected chi connectivity index (χ0v) is 12.7. The van der Waals surface area contributed by atoms with E-state index in [1.165, 1.54) is 12.1 Å². The molecule has 1 heterocycles. The lowest BCUT2D eigenvalue weighted by Crippen LogP contribution is -2.18. The van der Waals surface area contributed by atoms with E-state index in [0.717, 1.165) is 0 Å². The summed E-state index contributed by atoms with van der Waals surface area (Å²) in [6.07, 6.45) is 0. The van der Waals surface area contributed by atoms with Crippen LogP contribution in [0.1, 0.15) is 42.7 Å². The third-order valence-electron chi connectivity index (χ3n) is 2.84. The van der Waals surface area contributed by atoms with Crippen LogP contribution < -0.4 is 5.32 Å². The van der Waals surface area contributed by atoms with Crippen LogP contribution in [0.4, 0.5) is 5.82 Å². The number of carbonyl (C=O) groups is 1. The molecule has 0 bridgehead atoms. The predicted octanol–water partition coefficient (Wildman–Crippen LogP) is 1.75. The molecule has 1 aromatic rings. The van der Waals surface area contributed by atoms with Gasteiger partial charge in [-0.3, -0.25) is 0 Å². The van der Waals surface area contributed by atoms with Crippen LogP contribution >= 0.6 is 0 Å². The maximum atomic E-state index is 11.4. The SMILES string of the molecule is CCS(=O)(=O)CCNc1cc(C(=O)O)cc(C(C)C)n1. The van der Waals surface area contributed by atoms with Crippen LogP contribution in [-0.4, -0.2) is 42.5 Å². The third kappa shape index (κ3) is 4.80. The molecular formula is C13H20N2O4S. The Labute approximate surface area is 119 Å². The maximum absolute atomic E-state index is 11.4. The summed E-state index contributed by atoms with van der Waals surface area (Å²) in [6.45, 7) is 5.64. The smallest absolute Gasteiger partial charge is 0.335 e. The van der Waals surface area contributed by atoms with Crippen LogP contribution in [0, 0.1) is 0 Å². The zero-order chi connectivity index (χ0) is 15.3. The van der Waals surface area contributed by atoms with E-state index in [0.29, 0.717) is 11.5 Å². The van der Waals surface area contributed by atoms with Crippen molar-refractivity contribution >= 4 is 21.6 Å². The minimum absolute atomic E-state index is 0.000505. The second-order valence-electron chi connectivity index (χ2n) is 4.79. The number of carboxylic acid groups (broad SMARTS) is 1. The van der Waals surface area contributed by atoms with Crippen molar-refractivity contribution in [3.8, 4) is 0 Å². The van der Waals surface area contributed by atoms with Crippen molar-refractivity contribution in [2.24, 2.45) is 0 Å². The number of hydrogen-bond acceptors (Lipinski definition) is 5. The van der Waals surface area contributed by atoms with Gasteiger partial charge in [-0.15, -0.1) is 0 Å². The number of carboxylic acids is 1. The molecule has 0 aliphatic carbocycles. The fourth-order valence-electron chi connectivity index (χ4n) is 1.54. The molecule has 0 amide bonds. The molecule has 0 atom stereocenters. The molecule has 0 radical (unpaired) electrons. The van der Waals surface area contributed by atoms with Crippen molar-refractivity contribution in [1.82, 2.24) is 4.98 Å². The van der Waals surface area contributed by atoms with E-state index in [4.69, 9.17) is 5.11 Å². The molecule has 1 aromatic heterocycles. The van der Waals surface area contributed by atoms with Gasteiger partial charge in [0.25, 0.3) is 0 Å². The minimum atomic E-state index is -3.05. The van der Waals surface area contributed by atoms with Gasteiger partial charge in [0.2, 0.25) is 0 Å². The van der Waals surface area contributed by atoms with Gasteiger partial charge in [-0.25, -0.2) is 18.2 Å². The quantitative estimate of drug-likeness (QED) is 0.796. The number of sulfone groups is 1. The monoisotopic (exact) mass is 300 g/mol. The topological polar surface area (TPSA) is 96.4 Å². The Bertz CT molecular complexity index is 582.